The number of aromatic nitrogens is 4. The molecule has 0 amide bonds. The highest BCUT2D eigenvalue weighted by Gasteiger charge is 2.23. The van der Waals surface area contributed by atoms with E-state index in [2.05, 4.69) is 31.1 Å². The van der Waals surface area contributed by atoms with Crippen molar-refractivity contribution in [1.82, 2.24) is 20.2 Å². The summed E-state index contributed by atoms with van der Waals surface area (Å²) in [5, 5.41) is 7.53. The molecule has 0 unspecified atom stereocenters. The van der Waals surface area contributed by atoms with Crippen LogP contribution in [0.15, 0.2) is 41.3 Å². The molecule has 1 aliphatic rings. The van der Waals surface area contributed by atoms with Crippen LogP contribution in [0.5, 0.6) is 5.88 Å². The molecule has 0 atom stereocenters. The van der Waals surface area contributed by atoms with Gasteiger partial charge in [-0.25, -0.2) is 9.97 Å². The van der Waals surface area contributed by atoms with Crippen molar-refractivity contribution in [1.29, 1.82) is 0 Å². The van der Waals surface area contributed by atoms with Gasteiger partial charge in [-0.3, -0.25) is 5.10 Å². The normalized spacial score (nSPS) is 15.6. The van der Waals surface area contributed by atoms with Gasteiger partial charge in [0.25, 0.3) is 0 Å². The quantitative estimate of drug-likeness (QED) is 0.794. The number of piperidine rings is 1. The molecular formula is C17H19N5O2. The van der Waals surface area contributed by atoms with Gasteiger partial charge in [-0.1, -0.05) is 0 Å². The Labute approximate surface area is 139 Å². The first-order chi connectivity index (χ1) is 11.8. The van der Waals surface area contributed by atoms with E-state index in [4.69, 9.17) is 9.15 Å². The van der Waals surface area contributed by atoms with Crippen molar-refractivity contribution in [3.8, 4) is 17.3 Å². The predicted molar refractivity (Wildman–Crippen MR) is 89.1 cm³/mol. The lowest BCUT2D eigenvalue weighted by Gasteiger charge is -2.32. The first-order valence-corrected chi connectivity index (χ1v) is 8.03. The molecule has 7 heteroatoms. The molecule has 4 rings (SSSR count). The van der Waals surface area contributed by atoms with Crippen molar-refractivity contribution in [3.63, 3.8) is 0 Å². The number of methoxy groups -OCH3 is 1. The summed E-state index contributed by atoms with van der Waals surface area (Å²) in [5.41, 5.74) is 2.03. The molecule has 124 valence electrons. The van der Waals surface area contributed by atoms with E-state index in [9.17, 15) is 0 Å². The van der Waals surface area contributed by atoms with Crippen molar-refractivity contribution in [2.45, 2.75) is 18.8 Å². The molecule has 0 spiro atoms. The van der Waals surface area contributed by atoms with Crippen LogP contribution < -0.4 is 9.64 Å². The maximum atomic E-state index is 5.40. The maximum Gasteiger partial charge on any atom is 0.218 e. The largest absolute Gasteiger partial charge is 0.481 e. The molecular weight excluding hydrogens is 306 g/mol. The minimum Gasteiger partial charge on any atom is -0.481 e. The number of ether oxygens (including phenoxy) is 1. The molecule has 24 heavy (non-hydrogen) atoms. The molecule has 1 fully saturated rings. The standard InChI is InChI=1S/C17H19N5O2/c1-23-17-10-16(18-11-19-17)22-6-4-12(5-7-22)13-9-14(21-20-13)15-3-2-8-24-15/h2-3,8-12H,4-7H2,1H3,(H,20,21). The molecule has 4 heterocycles. The lowest BCUT2D eigenvalue weighted by atomic mass is 9.93. The Hall–Kier alpha value is -2.83. The molecule has 1 aliphatic heterocycles. The summed E-state index contributed by atoms with van der Waals surface area (Å²) in [5.74, 6) is 2.78. The minimum atomic E-state index is 0.473. The Balaban J connectivity index is 1.42. The van der Waals surface area contributed by atoms with E-state index < -0.39 is 0 Å². The third-order valence-electron chi connectivity index (χ3n) is 4.47. The van der Waals surface area contributed by atoms with E-state index >= 15 is 0 Å². The first kappa shape index (κ1) is 14.7. The Morgan fingerprint density at radius 2 is 2.12 bits per heavy atom. The van der Waals surface area contributed by atoms with Gasteiger partial charge < -0.3 is 14.1 Å². The lowest BCUT2D eigenvalue weighted by molar-refractivity contribution is 0.396. The molecule has 3 aromatic rings. The third-order valence-corrected chi connectivity index (χ3v) is 4.47. The van der Waals surface area contributed by atoms with Crippen LogP contribution in [0.1, 0.15) is 24.5 Å². The summed E-state index contributed by atoms with van der Waals surface area (Å²) in [6, 6.07) is 7.77. The highest BCUT2D eigenvalue weighted by Crippen LogP contribution is 2.31. The number of hydrogen-bond donors (Lipinski definition) is 1. The highest BCUT2D eigenvalue weighted by molar-refractivity contribution is 5.52. The fourth-order valence-electron chi connectivity index (χ4n) is 3.13. The first-order valence-electron chi connectivity index (χ1n) is 8.03. The number of nitrogens with one attached hydrogen (secondary N) is 1. The average molecular weight is 325 g/mol. The number of furan rings is 1. The van der Waals surface area contributed by atoms with Gasteiger partial charge in [0, 0.05) is 30.8 Å². The maximum absolute atomic E-state index is 5.40. The second-order valence-electron chi connectivity index (χ2n) is 5.87. The number of aromatic amines is 1. The van der Waals surface area contributed by atoms with Gasteiger partial charge in [0.05, 0.1) is 13.4 Å². The topological polar surface area (TPSA) is 80.1 Å². The van der Waals surface area contributed by atoms with Crippen LogP contribution in [0.2, 0.25) is 0 Å². The van der Waals surface area contributed by atoms with E-state index in [0.29, 0.717) is 11.8 Å². The number of H-pyrrole nitrogens is 1. The van der Waals surface area contributed by atoms with E-state index in [0.717, 1.165) is 43.2 Å². The fourth-order valence-corrected chi connectivity index (χ4v) is 3.13. The van der Waals surface area contributed by atoms with Gasteiger partial charge in [0.2, 0.25) is 5.88 Å². The Morgan fingerprint density at radius 1 is 1.25 bits per heavy atom. The molecule has 0 radical (unpaired) electrons. The highest BCUT2D eigenvalue weighted by atomic mass is 16.5. The molecule has 0 aliphatic carbocycles. The Bertz CT molecular complexity index is 791. The fraction of sp³-hybridized carbons (Fsp3) is 0.353. The zero-order valence-corrected chi connectivity index (χ0v) is 13.5. The van der Waals surface area contributed by atoms with Gasteiger partial charge in [-0.2, -0.15) is 5.10 Å². The second kappa shape index (κ2) is 6.35. The molecule has 0 aromatic carbocycles. The third kappa shape index (κ3) is 2.84. The van der Waals surface area contributed by atoms with E-state index in [1.807, 2.05) is 18.2 Å². The van der Waals surface area contributed by atoms with Crippen molar-refractivity contribution in [2.24, 2.45) is 0 Å². The van der Waals surface area contributed by atoms with E-state index in [1.54, 1.807) is 19.7 Å². The summed E-state index contributed by atoms with van der Waals surface area (Å²) in [6.07, 6.45) is 5.31. The summed E-state index contributed by atoms with van der Waals surface area (Å²) >= 11 is 0. The summed E-state index contributed by atoms with van der Waals surface area (Å²) in [6.45, 7) is 1.89. The zero-order valence-electron chi connectivity index (χ0n) is 13.5. The van der Waals surface area contributed by atoms with Crippen LogP contribution in [0.4, 0.5) is 5.82 Å². The number of rotatable bonds is 4. The summed E-state index contributed by atoms with van der Waals surface area (Å²) in [4.78, 5) is 10.7. The van der Waals surface area contributed by atoms with Crippen LogP contribution in [0.25, 0.3) is 11.5 Å². The van der Waals surface area contributed by atoms with Gasteiger partial charge in [-0.05, 0) is 31.0 Å². The number of anilines is 1. The number of nitrogens with zero attached hydrogens (tertiary/aromatic N) is 4. The van der Waals surface area contributed by atoms with Gasteiger partial charge in [0.15, 0.2) is 5.76 Å². The minimum absolute atomic E-state index is 0.473. The number of hydrogen-bond acceptors (Lipinski definition) is 6. The van der Waals surface area contributed by atoms with Crippen molar-refractivity contribution < 1.29 is 9.15 Å². The SMILES string of the molecule is COc1cc(N2CCC(c3cc(-c4ccco4)n[nH]3)CC2)ncn1. The van der Waals surface area contributed by atoms with Gasteiger partial charge in [-0.15, -0.1) is 0 Å². The molecule has 7 nitrogen and oxygen atoms in total. The van der Waals surface area contributed by atoms with Crippen molar-refractivity contribution >= 4 is 5.82 Å². The molecule has 3 aromatic heterocycles. The van der Waals surface area contributed by atoms with Crippen LogP contribution in [0.3, 0.4) is 0 Å². The molecule has 1 saturated heterocycles. The van der Waals surface area contributed by atoms with Crippen LogP contribution in [-0.2, 0) is 0 Å². The van der Waals surface area contributed by atoms with Gasteiger partial charge >= 0.3 is 0 Å². The lowest BCUT2D eigenvalue weighted by Crippen LogP contribution is -2.33. The van der Waals surface area contributed by atoms with Crippen molar-refractivity contribution in [2.75, 3.05) is 25.1 Å². The van der Waals surface area contributed by atoms with Gasteiger partial charge in [0.1, 0.15) is 17.8 Å². The second-order valence-corrected chi connectivity index (χ2v) is 5.87. The average Bonchev–Trinajstić information content (AvgIpc) is 3.33. The Morgan fingerprint density at radius 3 is 2.88 bits per heavy atom. The predicted octanol–water partition coefficient (Wildman–Crippen LogP) is 2.85. The van der Waals surface area contributed by atoms with Crippen molar-refractivity contribution in [3.05, 3.63) is 42.5 Å². The Kier molecular flexibility index (Phi) is 3.90. The monoisotopic (exact) mass is 325 g/mol. The van der Waals surface area contributed by atoms with Crippen LogP contribution in [0, 0.1) is 0 Å². The van der Waals surface area contributed by atoms with Crippen LogP contribution >= 0.6 is 0 Å². The molecule has 1 N–H and O–H groups in total. The van der Waals surface area contributed by atoms with E-state index in [-0.39, 0.29) is 0 Å². The molecule has 0 saturated carbocycles. The summed E-state index contributed by atoms with van der Waals surface area (Å²) in [7, 11) is 1.62. The summed E-state index contributed by atoms with van der Waals surface area (Å²) < 4.78 is 10.6. The zero-order chi connectivity index (χ0) is 16.4. The van der Waals surface area contributed by atoms with Crippen LogP contribution in [-0.4, -0.2) is 40.4 Å². The van der Waals surface area contributed by atoms with E-state index in [1.165, 1.54) is 5.69 Å². The molecule has 0 bridgehead atoms. The smallest absolute Gasteiger partial charge is 0.218 e.